The molecule has 1 aromatic heterocycles. The molecule has 0 atom stereocenters. The molecule has 134 valence electrons. The van der Waals surface area contributed by atoms with E-state index in [1.807, 2.05) is 0 Å². The Bertz CT molecular complexity index is 578. The summed E-state index contributed by atoms with van der Waals surface area (Å²) in [4.78, 5) is 21.2. The molecule has 24 heavy (non-hydrogen) atoms. The van der Waals surface area contributed by atoms with Crippen molar-refractivity contribution in [2.24, 2.45) is 5.92 Å². The van der Waals surface area contributed by atoms with E-state index in [0.717, 1.165) is 25.5 Å². The molecule has 1 amide bonds. The summed E-state index contributed by atoms with van der Waals surface area (Å²) < 4.78 is 38.9. The van der Waals surface area contributed by atoms with E-state index in [1.54, 1.807) is 18.2 Å². The van der Waals surface area contributed by atoms with Gasteiger partial charge in [-0.25, -0.2) is 9.97 Å². The average Bonchev–Trinajstić information content (AvgIpc) is 2.48. The van der Waals surface area contributed by atoms with E-state index < -0.39 is 11.7 Å². The molecular weight excluding hydrogens is 341 g/mol. The minimum atomic E-state index is -4.50. The maximum atomic E-state index is 13.0. The van der Waals surface area contributed by atoms with E-state index in [0.29, 0.717) is 19.5 Å². The first-order valence-corrected chi connectivity index (χ1v) is 9.02. The SMILES string of the molecule is CSc1ncc(C(F)(F)F)c(NCCCN(C)C(=O)C2CCC2)n1. The minimum Gasteiger partial charge on any atom is -0.369 e. The highest BCUT2D eigenvalue weighted by Gasteiger charge is 2.35. The van der Waals surface area contributed by atoms with Gasteiger partial charge in [0.15, 0.2) is 5.16 Å². The van der Waals surface area contributed by atoms with Gasteiger partial charge in [0.2, 0.25) is 5.91 Å². The van der Waals surface area contributed by atoms with Crippen molar-refractivity contribution in [3.05, 3.63) is 11.8 Å². The number of nitrogens with zero attached hydrogens (tertiary/aromatic N) is 3. The smallest absolute Gasteiger partial charge is 0.369 e. The lowest BCUT2D eigenvalue weighted by Gasteiger charge is -2.29. The number of thioether (sulfide) groups is 1. The number of anilines is 1. The lowest BCUT2D eigenvalue weighted by molar-refractivity contribution is -0.137. The van der Waals surface area contributed by atoms with Crippen molar-refractivity contribution in [1.29, 1.82) is 0 Å². The maximum Gasteiger partial charge on any atom is 0.421 e. The monoisotopic (exact) mass is 362 g/mol. The van der Waals surface area contributed by atoms with Crippen LogP contribution in [0.2, 0.25) is 0 Å². The van der Waals surface area contributed by atoms with E-state index in [9.17, 15) is 18.0 Å². The van der Waals surface area contributed by atoms with Gasteiger partial charge < -0.3 is 10.2 Å². The minimum absolute atomic E-state index is 0.129. The van der Waals surface area contributed by atoms with Crippen LogP contribution in [0.3, 0.4) is 0 Å². The first-order chi connectivity index (χ1) is 11.3. The summed E-state index contributed by atoms with van der Waals surface area (Å²) in [6, 6.07) is 0. The quantitative estimate of drug-likeness (QED) is 0.458. The predicted octanol–water partition coefficient (Wildman–Crippen LogP) is 3.28. The van der Waals surface area contributed by atoms with Crippen LogP contribution in [0.25, 0.3) is 0 Å². The fourth-order valence-corrected chi connectivity index (χ4v) is 2.75. The molecule has 0 radical (unpaired) electrons. The Labute approximate surface area is 143 Å². The van der Waals surface area contributed by atoms with E-state index in [2.05, 4.69) is 15.3 Å². The molecule has 0 aromatic carbocycles. The van der Waals surface area contributed by atoms with Crippen LogP contribution in [-0.4, -0.2) is 47.2 Å². The number of rotatable bonds is 7. The summed E-state index contributed by atoms with van der Waals surface area (Å²) in [5, 5.41) is 3.00. The summed E-state index contributed by atoms with van der Waals surface area (Å²) in [6.07, 6.45) is 1.52. The number of amides is 1. The molecule has 1 fully saturated rings. The van der Waals surface area contributed by atoms with Gasteiger partial charge in [-0.2, -0.15) is 13.2 Å². The average molecular weight is 362 g/mol. The molecule has 1 aliphatic carbocycles. The fourth-order valence-electron chi connectivity index (χ4n) is 2.41. The van der Waals surface area contributed by atoms with Crippen molar-refractivity contribution < 1.29 is 18.0 Å². The molecular formula is C15H21F3N4OS. The van der Waals surface area contributed by atoms with Crippen molar-refractivity contribution in [2.45, 2.75) is 37.0 Å². The highest BCUT2D eigenvalue weighted by Crippen LogP contribution is 2.34. The zero-order valence-electron chi connectivity index (χ0n) is 13.7. The molecule has 0 bridgehead atoms. The van der Waals surface area contributed by atoms with E-state index in [1.165, 1.54) is 11.8 Å². The van der Waals surface area contributed by atoms with Crippen LogP contribution >= 0.6 is 11.8 Å². The molecule has 0 unspecified atom stereocenters. The van der Waals surface area contributed by atoms with Crippen LogP contribution in [0, 0.1) is 5.92 Å². The molecule has 0 spiro atoms. The number of nitrogens with one attached hydrogen (secondary N) is 1. The van der Waals surface area contributed by atoms with E-state index >= 15 is 0 Å². The third-order valence-corrected chi connectivity index (χ3v) is 4.61. The normalized spacial score (nSPS) is 15.0. The molecule has 2 rings (SSSR count). The van der Waals surface area contributed by atoms with Gasteiger partial charge in [-0.1, -0.05) is 18.2 Å². The van der Waals surface area contributed by atoms with Crippen molar-refractivity contribution >= 4 is 23.5 Å². The van der Waals surface area contributed by atoms with Gasteiger partial charge in [-0.05, 0) is 25.5 Å². The molecule has 1 aromatic rings. The topological polar surface area (TPSA) is 58.1 Å². The standard InChI is InChI=1S/C15H21F3N4OS/c1-22(13(23)10-5-3-6-10)8-4-7-19-12-11(15(16,17)18)9-20-14(21-12)24-2/h9-10H,3-8H2,1-2H3,(H,19,20,21). The zero-order valence-corrected chi connectivity index (χ0v) is 14.5. The highest BCUT2D eigenvalue weighted by molar-refractivity contribution is 7.98. The van der Waals surface area contributed by atoms with E-state index in [4.69, 9.17) is 0 Å². The largest absolute Gasteiger partial charge is 0.421 e. The Kier molecular flexibility index (Phi) is 6.31. The van der Waals surface area contributed by atoms with Crippen molar-refractivity contribution in [3.63, 3.8) is 0 Å². The van der Waals surface area contributed by atoms with Gasteiger partial charge in [0.25, 0.3) is 0 Å². The third-order valence-electron chi connectivity index (χ3n) is 4.05. The van der Waals surface area contributed by atoms with Crippen molar-refractivity contribution in [2.75, 3.05) is 31.7 Å². The lowest BCUT2D eigenvalue weighted by atomic mass is 9.84. The summed E-state index contributed by atoms with van der Waals surface area (Å²) in [5.41, 5.74) is -0.876. The maximum absolute atomic E-state index is 13.0. The van der Waals surface area contributed by atoms with Crippen LogP contribution in [0.5, 0.6) is 0 Å². The second kappa shape index (κ2) is 8.04. The summed E-state index contributed by atoms with van der Waals surface area (Å²) >= 11 is 1.18. The molecule has 0 saturated heterocycles. The predicted molar refractivity (Wildman–Crippen MR) is 86.9 cm³/mol. The van der Waals surface area contributed by atoms with Gasteiger partial charge in [0, 0.05) is 32.3 Å². The number of hydrogen-bond donors (Lipinski definition) is 1. The molecule has 9 heteroatoms. The van der Waals surface area contributed by atoms with Crippen LogP contribution in [-0.2, 0) is 11.0 Å². The number of alkyl halides is 3. The Morgan fingerprint density at radius 3 is 2.71 bits per heavy atom. The van der Waals surface area contributed by atoms with Crippen LogP contribution in [0.1, 0.15) is 31.2 Å². The Hall–Kier alpha value is -1.51. The van der Waals surface area contributed by atoms with Gasteiger partial charge in [0.1, 0.15) is 11.4 Å². The molecule has 5 nitrogen and oxygen atoms in total. The van der Waals surface area contributed by atoms with Gasteiger partial charge in [0.05, 0.1) is 0 Å². The summed E-state index contributed by atoms with van der Waals surface area (Å²) in [7, 11) is 1.73. The summed E-state index contributed by atoms with van der Waals surface area (Å²) in [6.45, 7) is 0.806. The molecule has 0 aliphatic heterocycles. The van der Waals surface area contributed by atoms with Gasteiger partial charge >= 0.3 is 6.18 Å². The lowest BCUT2D eigenvalue weighted by Crippen LogP contribution is -2.37. The van der Waals surface area contributed by atoms with Gasteiger partial charge in [-0.15, -0.1) is 0 Å². The van der Waals surface area contributed by atoms with E-state index in [-0.39, 0.29) is 22.8 Å². The molecule has 1 aliphatic rings. The van der Waals surface area contributed by atoms with Crippen LogP contribution in [0.15, 0.2) is 11.4 Å². The Morgan fingerprint density at radius 1 is 1.46 bits per heavy atom. The van der Waals surface area contributed by atoms with Crippen molar-refractivity contribution in [1.82, 2.24) is 14.9 Å². The highest BCUT2D eigenvalue weighted by atomic mass is 32.2. The Balaban J connectivity index is 1.88. The van der Waals surface area contributed by atoms with Crippen LogP contribution < -0.4 is 5.32 Å². The zero-order chi connectivity index (χ0) is 17.7. The Morgan fingerprint density at radius 2 is 2.17 bits per heavy atom. The third kappa shape index (κ3) is 4.75. The molecule has 1 N–H and O–H groups in total. The number of aromatic nitrogens is 2. The summed E-state index contributed by atoms with van der Waals surface area (Å²) in [5.74, 6) is 0.0459. The van der Waals surface area contributed by atoms with Gasteiger partial charge in [-0.3, -0.25) is 4.79 Å². The van der Waals surface area contributed by atoms with Crippen molar-refractivity contribution in [3.8, 4) is 0 Å². The first-order valence-electron chi connectivity index (χ1n) is 7.80. The molecule has 1 heterocycles. The number of halogens is 3. The fraction of sp³-hybridized carbons (Fsp3) is 0.667. The second-order valence-corrected chi connectivity index (χ2v) is 6.56. The molecule has 1 saturated carbocycles. The first kappa shape index (κ1) is 18.8. The van der Waals surface area contributed by atoms with Crippen LogP contribution in [0.4, 0.5) is 19.0 Å². The second-order valence-electron chi connectivity index (χ2n) is 5.78. The number of hydrogen-bond acceptors (Lipinski definition) is 5. The number of carbonyl (C=O) groups excluding carboxylic acids is 1. The number of carbonyl (C=O) groups is 1.